The van der Waals surface area contributed by atoms with E-state index >= 15 is 0 Å². The molecule has 0 spiro atoms. The smallest absolute Gasteiger partial charge is 0.255 e. The van der Waals surface area contributed by atoms with Crippen molar-refractivity contribution in [1.29, 1.82) is 0 Å². The summed E-state index contributed by atoms with van der Waals surface area (Å²) in [5, 5.41) is 3.15. The predicted molar refractivity (Wildman–Crippen MR) is 136 cm³/mol. The van der Waals surface area contributed by atoms with Crippen LogP contribution in [0.3, 0.4) is 0 Å². The number of ether oxygens (including phenoxy) is 2. The van der Waals surface area contributed by atoms with Crippen LogP contribution in [0.15, 0.2) is 54.6 Å². The number of carbonyl (C=O) groups excluding carboxylic acids is 1. The molecule has 9 heteroatoms. The van der Waals surface area contributed by atoms with Crippen molar-refractivity contribution in [2.75, 3.05) is 30.1 Å². The van der Waals surface area contributed by atoms with Gasteiger partial charge in [0, 0.05) is 17.7 Å². The molecule has 0 heterocycles. The Kier molecular flexibility index (Phi) is 7.74. The van der Waals surface area contributed by atoms with Gasteiger partial charge in [0.05, 0.1) is 43.4 Å². The average Bonchev–Trinajstić information content (AvgIpc) is 2.79. The molecule has 3 aromatic rings. The van der Waals surface area contributed by atoms with Gasteiger partial charge in [0.1, 0.15) is 11.5 Å². The number of methoxy groups -OCH3 is 2. The van der Waals surface area contributed by atoms with E-state index in [1.807, 2.05) is 26.0 Å². The maximum absolute atomic E-state index is 12.8. The zero-order chi connectivity index (χ0) is 25.0. The molecule has 0 unspecified atom stereocenters. The van der Waals surface area contributed by atoms with Crippen LogP contribution in [0.5, 0.6) is 11.5 Å². The molecule has 3 rings (SSSR count). The number of carbonyl (C=O) groups is 1. The van der Waals surface area contributed by atoms with Crippen LogP contribution in [-0.2, 0) is 16.6 Å². The van der Waals surface area contributed by atoms with Crippen LogP contribution < -0.4 is 19.1 Å². The van der Waals surface area contributed by atoms with Crippen LogP contribution in [0, 0.1) is 13.8 Å². The maximum atomic E-state index is 12.8. The molecule has 3 aromatic carbocycles. The van der Waals surface area contributed by atoms with Gasteiger partial charge in [0.15, 0.2) is 0 Å². The van der Waals surface area contributed by atoms with E-state index in [9.17, 15) is 13.2 Å². The summed E-state index contributed by atoms with van der Waals surface area (Å²) < 4.78 is 36.8. The number of amides is 1. The van der Waals surface area contributed by atoms with Gasteiger partial charge in [-0.25, -0.2) is 8.42 Å². The van der Waals surface area contributed by atoms with Gasteiger partial charge < -0.3 is 14.8 Å². The summed E-state index contributed by atoms with van der Waals surface area (Å²) in [7, 11) is -0.554. The van der Waals surface area contributed by atoms with Crippen molar-refractivity contribution in [3.05, 3.63) is 81.9 Å². The van der Waals surface area contributed by atoms with Gasteiger partial charge in [-0.15, -0.1) is 0 Å². The highest BCUT2D eigenvalue weighted by Gasteiger charge is 2.19. The van der Waals surface area contributed by atoms with Crippen LogP contribution >= 0.6 is 11.6 Å². The second-order valence-electron chi connectivity index (χ2n) is 7.88. The Morgan fingerprint density at radius 1 is 0.941 bits per heavy atom. The maximum Gasteiger partial charge on any atom is 0.255 e. The molecule has 7 nitrogen and oxygen atoms in total. The molecule has 0 saturated heterocycles. The van der Waals surface area contributed by atoms with Crippen molar-refractivity contribution in [3.8, 4) is 11.5 Å². The third-order valence-corrected chi connectivity index (χ3v) is 6.88. The Balaban J connectivity index is 1.81. The van der Waals surface area contributed by atoms with Gasteiger partial charge in [-0.3, -0.25) is 9.10 Å². The van der Waals surface area contributed by atoms with Crippen LogP contribution in [0.4, 0.5) is 11.4 Å². The van der Waals surface area contributed by atoms with Crippen LogP contribution in [-0.4, -0.2) is 34.8 Å². The first kappa shape index (κ1) is 25.4. The molecule has 1 amide bonds. The second-order valence-corrected chi connectivity index (χ2v) is 10.2. The van der Waals surface area contributed by atoms with Gasteiger partial charge in [0.2, 0.25) is 10.0 Å². The molecular weight excluding hydrogens is 476 g/mol. The van der Waals surface area contributed by atoms with E-state index in [2.05, 4.69) is 5.32 Å². The molecule has 1 N–H and O–H groups in total. The van der Waals surface area contributed by atoms with Crippen molar-refractivity contribution >= 4 is 38.9 Å². The lowest BCUT2D eigenvalue weighted by molar-refractivity contribution is 0.102. The number of halogens is 1. The van der Waals surface area contributed by atoms with E-state index in [0.717, 1.165) is 16.7 Å². The highest BCUT2D eigenvalue weighted by atomic mass is 35.5. The summed E-state index contributed by atoms with van der Waals surface area (Å²) in [6.45, 7) is 4.06. The van der Waals surface area contributed by atoms with Gasteiger partial charge in [-0.2, -0.15) is 0 Å². The van der Waals surface area contributed by atoms with Gasteiger partial charge in [0.25, 0.3) is 5.91 Å². The molecule has 0 aliphatic carbocycles. The third-order valence-electron chi connectivity index (χ3n) is 5.44. The highest BCUT2D eigenvalue weighted by Crippen LogP contribution is 2.36. The number of hydrogen-bond acceptors (Lipinski definition) is 5. The average molecular weight is 503 g/mol. The largest absolute Gasteiger partial charge is 0.495 e. The minimum Gasteiger partial charge on any atom is -0.495 e. The molecule has 0 fully saturated rings. The first-order valence-corrected chi connectivity index (χ1v) is 12.6. The summed E-state index contributed by atoms with van der Waals surface area (Å²) in [6.07, 6.45) is 1.18. The molecule has 180 valence electrons. The summed E-state index contributed by atoms with van der Waals surface area (Å²) >= 11 is 6.12. The SMILES string of the molecule is COc1cc(NC(=O)c2ccc(CN(c3ccc(C)c(C)c3)S(C)(=O)=O)cc2)c(OC)cc1Cl. The van der Waals surface area contributed by atoms with Crippen molar-refractivity contribution in [2.24, 2.45) is 0 Å². The fourth-order valence-corrected chi connectivity index (χ4v) is 4.47. The second kappa shape index (κ2) is 10.4. The van der Waals surface area contributed by atoms with E-state index in [0.29, 0.717) is 33.5 Å². The normalized spacial score (nSPS) is 11.1. The first-order chi connectivity index (χ1) is 16.0. The third kappa shape index (κ3) is 5.81. The fourth-order valence-electron chi connectivity index (χ4n) is 3.36. The minimum absolute atomic E-state index is 0.144. The van der Waals surface area contributed by atoms with Crippen molar-refractivity contribution in [2.45, 2.75) is 20.4 Å². The van der Waals surface area contributed by atoms with Crippen LogP contribution in [0.1, 0.15) is 27.0 Å². The number of aryl methyl sites for hydroxylation is 2. The lowest BCUT2D eigenvalue weighted by atomic mass is 10.1. The number of nitrogens with one attached hydrogen (secondary N) is 1. The Hall–Kier alpha value is -3.23. The molecule has 0 saturated carbocycles. The van der Waals surface area contributed by atoms with Crippen molar-refractivity contribution in [3.63, 3.8) is 0 Å². The van der Waals surface area contributed by atoms with E-state index in [4.69, 9.17) is 21.1 Å². The molecule has 0 atom stereocenters. The molecule has 0 radical (unpaired) electrons. The summed E-state index contributed by atoms with van der Waals surface area (Å²) in [4.78, 5) is 12.8. The Bertz CT molecular complexity index is 1310. The van der Waals surface area contributed by atoms with E-state index < -0.39 is 10.0 Å². The Morgan fingerprint density at radius 3 is 2.15 bits per heavy atom. The number of hydrogen-bond donors (Lipinski definition) is 1. The van der Waals surface area contributed by atoms with Gasteiger partial charge in [-0.05, 0) is 54.8 Å². The number of rotatable bonds is 8. The van der Waals surface area contributed by atoms with Gasteiger partial charge >= 0.3 is 0 Å². The quantitative estimate of drug-likeness (QED) is 0.458. The highest BCUT2D eigenvalue weighted by molar-refractivity contribution is 7.92. The number of sulfonamides is 1. The van der Waals surface area contributed by atoms with Gasteiger partial charge in [-0.1, -0.05) is 29.8 Å². The lowest BCUT2D eigenvalue weighted by Crippen LogP contribution is -2.29. The molecule has 34 heavy (non-hydrogen) atoms. The number of nitrogens with zero attached hydrogens (tertiary/aromatic N) is 1. The summed E-state index contributed by atoms with van der Waals surface area (Å²) in [6, 6.07) is 15.4. The standard InChI is InChI=1S/C25H27ClN2O5S/c1-16-6-11-20(12-17(16)2)28(34(5,30)31)15-18-7-9-19(10-8-18)25(29)27-22-14-23(32-3)21(26)13-24(22)33-4/h6-14H,15H2,1-5H3,(H,27,29). The van der Waals surface area contributed by atoms with Crippen LogP contribution in [0.2, 0.25) is 5.02 Å². The van der Waals surface area contributed by atoms with E-state index in [1.165, 1.54) is 24.8 Å². The monoisotopic (exact) mass is 502 g/mol. The zero-order valence-corrected chi connectivity index (χ0v) is 21.3. The molecule has 0 aromatic heterocycles. The Labute approximate surface area is 205 Å². The summed E-state index contributed by atoms with van der Waals surface area (Å²) in [5.41, 5.74) is 4.24. The van der Waals surface area contributed by atoms with E-state index in [1.54, 1.807) is 42.5 Å². The fraction of sp³-hybridized carbons (Fsp3) is 0.240. The topological polar surface area (TPSA) is 84.9 Å². The van der Waals surface area contributed by atoms with Crippen molar-refractivity contribution in [1.82, 2.24) is 0 Å². The molecule has 0 bridgehead atoms. The zero-order valence-electron chi connectivity index (χ0n) is 19.7. The first-order valence-electron chi connectivity index (χ1n) is 10.4. The number of benzene rings is 3. The van der Waals surface area contributed by atoms with Crippen molar-refractivity contribution < 1.29 is 22.7 Å². The van der Waals surface area contributed by atoms with E-state index in [-0.39, 0.29) is 12.5 Å². The predicted octanol–water partition coefficient (Wildman–Crippen LogP) is 5.19. The molecular formula is C25H27ClN2O5S. The molecule has 0 aliphatic heterocycles. The summed E-state index contributed by atoms with van der Waals surface area (Å²) in [5.74, 6) is 0.441. The lowest BCUT2D eigenvalue weighted by Gasteiger charge is -2.23. The van der Waals surface area contributed by atoms with Crippen LogP contribution in [0.25, 0.3) is 0 Å². The Morgan fingerprint density at radius 2 is 1.59 bits per heavy atom. The minimum atomic E-state index is -3.51. The molecule has 0 aliphatic rings. The number of anilines is 2.